The lowest BCUT2D eigenvalue weighted by molar-refractivity contribution is 0.0155. The van der Waals surface area contributed by atoms with E-state index in [1.807, 2.05) is 0 Å². The number of nitrogens with zero attached hydrogens (tertiary/aromatic N) is 1. The van der Waals surface area contributed by atoms with Gasteiger partial charge in [-0.3, -0.25) is 4.90 Å². The smallest absolute Gasteiger partial charge is 0.0616 e. The van der Waals surface area contributed by atoms with E-state index in [0.29, 0.717) is 5.54 Å². The van der Waals surface area contributed by atoms with Crippen molar-refractivity contribution >= 4 is 12.6 Å². The monoisotopic (exact) mass is 187 g/mol. The van der Waals surface area contributed by atoms with E-state index in [1.165, 1.54) is 12.8 Å². The molecule has 0 amide bonds. The SMILES string of the molecule is CC1CC(C)(C)N(C)C(C)(S)C1. The molecule has 2 heteroatoms. The van der Waals surface area contributed by atoms with Crippen LogP contribution in [-0.4, -0.2) is 22.4 Å². The first-order valence-corrected chi connectivity index (χ1v) is 5.17. The first-order chi connectivity index (χ1) is 5.26. The highest BCUT2D eigenvalue weighted by molar-refractivity contribution is 7.81. The normalized spacial score (nSPS) is 43.0. The van der Waals surface area contributed by atoms with Crippen LogP contribution in [0.5, 0.6) is 0 Å². The fourth-order valence-corrected chi connectivity index (χ4v) is 3.09. The first-order valence-electron chi connectivity index (χ1n) is 4.72. The van der Waals surface area contributed by atoms with Crippen LogP contribution in [0.3, 0.4) is 0 Å². The number of thiol groups is 1. The molecule has 2 atom stereocenters. The lowest BCUT2D eigenvalue weighted by Crippen LogP contribution is -2.56. The van der Waals surface area contributed by atoms with Gasteiger partial charge in [-0.25, -0.2) is 0 Å². The molecule has 12 heavy (non-hydrogen) atoms. The summed E-state index contributed by atoms with van der Waals surface area (Å²) < 4.78 is 0. The maximum atomic E-state index is 4.71. The summed E-state index contributed by atoms with van der Waals surface area (Å²) in [5, 5.41) is 0. The molecule has 1 fully saturated rings. The highest BCUT2D eigenvalue weighted by Gasteiger charge is 2.42. The van der Waals surface area contributed by atoms with Crippen LogP contribution in [0, 0.1) is 5.92 Å². The lowest BCUT2D eigenvalue weighted by atomic mass is 9.80. The van der Waals surface area contributed by atoms with Crippen LogP contribution in [0.15, 0.2) is 0 Å². The van der Waals surface area contributed by atoms with Crippen molar-refractivity contribution in [2.24, 2.45) is 5.92 Å². The molecule has 0 aliphatic carbocycles. The Morgan fingerprint density at radius 3 is 2.17 bits per heavy atom. The third kappa shape index (κ3) is 1.80. The molecule has 0 aromatic rings. The van der Waals surface area contributed by atoms with Gasteiger partial charge in [-0.1, -0.05) is 6.92 Å². The second kappa shape index (κ2) is 2.91. The Hall–Kier alpha value is 0.310. The summed E-state index contributed by atoms with van der Waals surface area (Å²) >= 11 is 4.71. The summed E-state index contributed by atoms with van der Waals surface area (Å²) in [7, 11) is 2.18. The zero-order valence-corrected chi connectivity index (χ0v) is 9.78. The standard InChI is InChI=1S/C10H21NS/c1-8-6-9(2,3)11(5)10(4,12)7-8/h8,12H,6-7H2,1-5H3. The van der Waals surface area contributed by atoms with Gasteiger partial charge in [-0.05, 0) is 46.6 Å². The van der Waals surface area contributed by atoms with Gasteiger partial charge in [0, 0.05) is 5.54 Å². The Labute approximate surface area is 81.9 Å². The number of piperidine rings is 1. The van der Waals surface area contributed by atoms with E-state index in [4.69, 9.17) is 12.6 Å². The second-order valence-electron chi connectivity index (χ2n) is 5.10. The summed E-state index contributed by atoms with van der Waals surface area (Å²) in [5.41, 5.74) is 0.300. The van der Waals surface area contributed by atoms with Gasteiger partial charge < -0.3 is 0 Å². The number of rotatable bonds is 0. The Morgan fingerprint density at radius 1 is 1.25 bits per heavy atom. The van der Waals surface area contributed by atoms with E-state index in [-0.39, 0.29) is 4.87 Å². The van der Waals surface area contributed by atoms with Crippen LogP contribution in [0.25, 0.3) is 0 Å². The summed E-state index contributed by atoms with van der Waals surface area (Å²) in [4.78, 5) is 2.46. The molecule has 1 rings (SSSR count). The van der Waals surface area contributed by atoms with Crippen molar-refractivity contribution in [3.8, 4) is 0 Å². The summed E-state index contributed by atoms with van der Waals surface area (Å²) in [6.45, 7) is 9.14. The van der Waals surface area contributed by atoms with Crippen molar-refractivity contribution in [3.63, 3.8) is 0 Å². The minimum atomic E-state index is 0.0706. The molecule has 2 unspecified atom stereocenters. The molecule has 0 spiro atoms. The van der Waals surface area contributed by atoms with Crippen LogP contribution in [0.1, 0.15) is 40.5 Å². The minimum absolute atomic E-state index is 0.0706. The summed E-state index contributed by atoms with van der Waals surface area (Å²) in [6, 6.07) is 0. The van der Waals surface area contributed by atoms with E-state index in [1.54, 1.807) is 0 Å². The van der Waals surface area contributed by atoms with Crippen LogP contribution < -0.4 is 0 Å². The molecule has 1 aliphatic rings. The number of hydrogen-bond donors (Lipinski definition) is 1. The third-order valence-corrected chi connectivity index (χ3v) is 3.70. The van der Waals surface area contributed by atoms with Gasteiger partial charge in [-0.2, -0.15) is 12.6 Å². The third-order valence-electron chi connectivity index (χ3n) is 3.21. The maximum absolute atomic E-state index is 4.71. The molecule has 0 saturated carbocycles. The van der Waals surface area contributed by atoms with Gasteiger partial charge in [0.25, 0.3) is 0 Å². The van der Waals surface area contributed by atoms with E-state index in [9.17, 15) is 0 Å². The molecule has 0 aromatic heterocycles. The lowest BCUT2D eigenvalue weighted by Gasteiger charge is -2.52. The fourth-order valence-electron chi connectivity index (χ4n) is 2.51. The van der Waals surface area contributed by atoms with Gasteiger partial charge in [0.05, 0.1) is 4.87 Å². The molecule has 1 saturated heterocycles. The van der Waals surface area contributed by atoms with Gasteiger partial charge in [0.1, 0.15) is 0 Å². The van der Waals surface area contributed by atoms with E-state index in [2.05, 4.69) is 39.6 Å². The fraction of sp³-hybridized carbons (Fsp3) is 1.00. The van der Waals surface area contributed by atoms with Crippen molar-refractivity contribution in [2.45, 2.75) is 50.9 Å². The Balaban J connectivity index is 2.84. The molecule has 0 radical (unpaired) electrons. The van der Waals surface area contributed by atoms with E-state index >= 15 is 0 Å². The van der Waals surface area contributed by atoms with Crippen LogP contribution >= 0.6 is 12.6 Å². The van der Waals surface area contributed by atoms with Crippen molar-refractivity contribution in [2.75, 3.05) is 7.05 Å². The molecule has 1 heterocycles. The molecule has 0 N–H and O–H groups in total. The quantitative estimate of drug-likeness (QED) is 0.571. The van der Waals surface area contributed by atoms with Crippen LogP contribution in [0.4, 0.5) is 0 Å². The van der Waals surface area contributed by atoms with Crippen LogP contribution in [-0.2, 0) is 0 Å². The Kier molecular flexibility index (Phi) is 2.52. The first kappa shape index (κ1) is 10.4. The predicted molar refractivity (Wildman–Crippen MR) is 57.6 cm³/mol. The molecular weight excluding hydrogens is 166 g/mol. The molecule has 1 nitrogen and oxygen atoms in total. The van der Waals surface area contributed by atoms with Gasteiger partial charge in [0.15, 0.2) is 0 Å². The Bertz CT molecular complexity index is 157. The largest absolute Gasteiger partial charge is 0.287 e. The summed E-state index contributed by atoms with van der Waals surface area (Å²) in [6.07, 6.45) is 2.47. The van der Waals surface area contributed by atoms with E-state index < -0.39 is 0 Å². The second-order valence-corrected chi connectivity index (χ2v) is 6.07. The highest BCUT2D eigenvalue weighted by Crippen LogP contribution is 2.41. The average molecular weight is 187 g/mol. The highest BCUT2D eigenvalue weighted by atomic mass is 32.1. The van der Waals surface area contributed by atoms with Crippen molar-refractivity contribution < 1.29 is 0 Å². The zero-order valence-electron chi connectivity index (χ0n) is 8.89. The summed E-state index contributed by atoms with van der Waals surface area (Å²) in [5.74, 6) is 0.790. The molecule has 0 aromatic carbocycles. The van der Waals surface area contributed by atoms with E-state index in [0.717, 1.165) is 5.92 Å². The van der Waals surface area contributed by atoms with Crippen LogP contribution in [0.2, 0.25) is 0 Å². The molecule has 0 bridgehead atoms. The molecule has 72 valence electrons. The van der Waals surface area contributed by atoms with Gasteiger partial charge in [0.2, 0.25) is 0 Å². The Morgan fingerprint density at radius 2 is 1.75 bits per heavy atom. The molecule has 1 aliphatic heterocycles. The molecular formula is C10H21NS. The minimum Gasteiger partial charge on any atom is -0.287 e. The zero-order chi connectivity index (χ0) is 9.57. The van der Waals surface area contributed by atoms with Crippen molar-refractivity contribution in [1.82, 2.24) is 4.90 Å². The van der Waals surface area contributed by atoms with Crippen molar-refractivity contribution in [3.05, 3.63) is 0 Å². The van der Waals surface area contributed by atoms with Gasteiger partial charge >= 0.3 is 0 Å². The number of likely N-dealkylation sites (tertiary alicyclic amines) is 1. The topological polar surface area (TPSA) is 3.24 Å². The predicted octanol–water partition coefficient (Wildman–Crippen LogP) is 2.77. The number of hydrogen-bond acceptors (Lipinski definition) is 2. The van der Waals surface area contributed by atoms with Crippen molar-refractivity contribution in [1.29, 1.82) is 0 Å². The van der Waals surface area contributed by atoms with Gasteiger partial charge in [-0.15, -0.1) is 0 Å². The maximum Gasteiger partial charge on any atom is 0.0616 e. The average Bonchev–Trinajstić information content (AvgIpc) is 1.80.